The maximum Gasteiger partial charge on any atom is 0.0107 e. The molecule has 0 spiro atoms. The molecule has 0 bridgehead atoms. The minimum atomic E-state index is 0.384. The molecule has 1 fully saturated rings. The van der Waals surface area contributed by atoms with Crippen molar-refractivity contribution < 1.29 is 0 Å². The van der Waals surface area contributed by atoms with E-state index in [0.29, 0.717) is 29.7 Å². The molecule has 1 saturated carbocycles. The quantitative estimate of drug-likeness (QED) is 0.785. The van der Waals surface area contributed by atoms with Crippen molar-refractivity contribution in [3.05, 3.63) is 35.9 Å². The van der Waals surface area contributed by atoms with Crippen LogP contribution in [0.4, 0.5) is 0 Å². The third kappa shape index (κ3) is 1.69. The summed E-state index contributed by atoms with van der Waals surface area (Å²) >= 11 is 0. The van der Waals surface area contributed by atoms with E-state index >= 15 is 0 Å². The molecule has 4 unspecified atom stereocenters. The molecule has 4 atom stereocenters. The predicted octanol–water partition coefficient (Wildman–Crippen LogP) is 3.02. The van der Waals surface area contributed by atoms with Crippen LogP contribution in [0.25, 0.3) is 0 Å². The van der Waals surface area contributed by atoms with Gasteiger partial charge < -0.3 is 5.73 Å². The van der Waals surface area contributed by atoms with E-state index in [9.17, 15) is 0 Å². The van der Waals surface area contributed by atoms with E-state index < -0.39 is 0 Å². The van der Waals surface area contributed by atoms with Gasteiger partial charge in [0.2, 0.25) is 0 Å². The minimum absolute atomic E-state index is 0.384. The van der Waals surface area contributed by atoms with E-state index in [4.69, 9.17) is 5.73 Å². The van der Waals surface area contributed by atoms with E-state index in [-0.39, 0.29) is 0 Å². The van der Waals surface area contributed by atoms with Crippen LogP contribution in [0.1, 0.15) is 32.3 Å². The molecular weight excluding hydrogens is 182 g/mol. The van der Waals surface area contributed by atoms with Gasteiger partial charge in [0.15, 0.2) is 0 Å². The standard InChI is InChI=1S/C14H21N/c1-9(2)12-13(10(3)14(12)15)11-7-5-4-6-8-11/h4-10,12-14H,15H2,1-3H3. The molecule has 0 aromatic heterocycles. The van der Waals surface area contributed by atoms with Crippen LogP contribution in [-0.2, 0) is 0 Å². The topological polar surface area (TPSA) is 26.0 Å². The Kier molecular flexibility index (Phi) is 2.83. The highest BCUT2D eigenvalue weighted by atomic mass is 14.8. The zero-order chi connectivity index (χ0) is 11.0. The summed E-state index contributed by atoms with van der Waals surface area (Å²) in [6, 6.07) is 11.2. The number of nitrogens with two attached hydrogens (primary N) is 1. The Hall–Kier alpha value is -0.820. The fourth-order valence-corrected chi connectivity index (χ4v) is 3.09. The molecule has 0 radical (unpaired) electrons. The average molecular weight is 203 g/mol. The van der Waals surface area contributed by atoms with Crippen LogP contribution in [0.15, 0.2) is 30.3 Å². The minimum Gasteiger partial charge on any atom is -0.327 e. The first-order valence-electron chi connectivity index (χ1n) is 5.93. The number of rotatable bonds is 2. The summed E-state index contributed by atoms with van der Waals surface area (Å²) in [5.74, 6) is 2.63. The summed E-state index contributed by atoms with van der Waals surface area (Å²) in [5.41, 5.74) is 7.66. The Bertz CT molecular complexity index is 317. The fraction of sp³-hybridized carbons (Fsp3) is 0.571. The second-order valence-corrected chi connectivity index (χ2v) is 5.19. The highest BCUT2D eigenvalue weighted by Crippen LogP contribution is 2.49. The summed E-state index contributed by atoms with van der Waals surface area (Å²) < 4.78 is 0. The van der Waals surface area contributed by atoms with Crippen molar-refractivity contribution in [2.24, 2.45) is 23.5 Å². The Morgan fingerprint density at radius 3 is 2.27 bits per heavy atom. The van der Waals surface area contributed by atoms with Gasteiger partial charge in [0.25, 0.3) is 0 Å². The molecule has 1 aromatic rings. The molecule has 1 aromatic carbocycles. The van der Waals surface area contributed by atoms with Crippen LogP contribution < -0.4 is 5.73 Å². The van der Waals surface area contributed by atoms with Gasteiger partial charge in [-0.25, -0.2) is 0 Å². The number of benzene rings is 1. The second kappa shape index (κ2) is 3.97. The molecule has 0 heterocycles. The molecule has 82 valence electrons. The molecule has 2 N–H and O–H groups in total. The largest absolute Gasteiger partial charge is 0.327 e. The summed E-state index contributed by atoms with van der Waals surface area (Å²) in [7, 11) is 0. The van der Waals surface area contributed by atoms with Crippen LogP contribution in [0.2, 0.25) is 0 Å². The SMILES string of the molecule is CC(C)C1C(N)C(C)C1c1ccccc1. The molecule has 1 aliphatic carbocycles. The van der Waals surface area contributed by atoms with E-state index in [1.807, 2.05) is 0 Å². The second-order valence-electron chi connectivity index (χ2n) is 5.19. The van der Waals surface area contributed by atoms with Crippen LogP contribution in [0.3, 0.4) is 0 Å². The van der Waals surface area contributed by atoms with Crippen molar-refractivity contribution in [2.75, 3.05) is 0 Å². The van der Waals surface area contributed by atoms with Crippen molar-refractivity contribution in [3.8, 4) is 0 Å². The van der Waals surface area contributed by atoms with Crippen LogP contribution in [0, 0.1) is 17.8 Å². The molecule has 0 aliphatic heterocycles. The van der Waals surface area contributed by atoms with E-state index in [1.54, 1.807) is 0 Å². The van der Waals surface area contributed by atoms with Gasteiger partial charge in [-0.2, -0.15) is 0 Å². The molecule has 1 aliphatic rings. The first-order chi connectivity index (χ1) is 7.13. The van der Waals surface area contributed by atoms with Crippen molar-refractivity contribution in [1.82, 2.24) is 0 Å². The molecule has 15 heavy (non-hydrogen) atoms. The lowest BCUT2D eigenvalue weighted by molar-refractivity contribution is 0.0716. The van der Waals surface area contributed by atoms with Crippen molar-refractivity contribution in [3.63, 3.8) is 0 Å². The Balaban J connectivity index is 2.22. The van der Waals surface area contributed by atoms with Gasteiger partial charge in [-0.05, 0) is 29.2 Å². The molecular formula is C14H21N. The Labute approximate surface area is 92.7 Å². The zero-order valence-electron chi connectivity index (χ0n) is 9.85. The van der Waals surface area contributed by atoms with E-state index in [0.717, 1.165) is 0 Å². The van der Waals surface area contributed by atoms with Gasteiger partial charge in [-0.3, -0.25) is 0 Å². The lowest BCUT2D eigenvalue weighted by atomic mass is 9.56. The monoisotopic (exact) mass is 203 g/mol. The molecule has 2 rings (SSSR count). The Morgan fingerprint density at radius 1 is 1.13 bits per heavy atom. The van der Waals surface area contributed by atoms with Crippen LogP contribution in [-0.4, -0.2) is 6.04 Å². The third-order valence-corrected chi connectivity index (χ3v) is 3.99. The van der Waals surface area contributed by atoms with Gasteiger partial charge in [-0.1, -0.05) is 51.1 Å². The lowest BCUT2D eigenvalue weighted by Crippen LogP contribution is -2.55. The highest BCUT2D eigenvalue weighted by Gasteiger charge is 2.47. The lowest BCUT2D eigenvalue weighted by Gasteiger charge is -2.51. The van der Waals surface area contributed by atoms with Crippen LogP contribution >= 0.6 is 0 Å². The highest BCUT2D eigenvalue weighted by molar-refractivity contribution is 5.26. The van der Waals surface area contributed by atoms with Crippen molar-refractivity contribution in [2.45, 2.75) is 32.7 Å². The molecule has 0 amide bonds. The maximum atomic E-state index is 6.19. The van der Waals surface area contributed by atoms with Crippen molar-refractivity contribution in [1.29, 1.82) is 0 Å². The third-order valence-electron chi connectivity index (χ3n) is 3.99. The molecule has 1 nitrogen and oxygen atoms in total. The zero-order valence-corrected chi connectivity index (χ0v) is 9.85. The fourth-order valence-electron chi connectivity index (χ4n) is 3.09. The number of hydrogen-bond donors (Lipinski definition) is 1. The van der Waals surface area contributed by atoms with Crippen molar-refractivity contribution >= 4 is 0 Å². The van der Waals surface area contributed by atoms with Gasteiger partial charge in [0, 0.05) is 6.04 Å². The maximum absolute atomic E-state index is 6.19. The summed E-state index contributed by atoms with van der Waals surface area (Å²) in [6.07, 6.45) is 0. The van der Waals surface area contributed by atoms with E-state index in [1.165, 1.54) is 5.56 Å². The van der Waals surface area contributed by atoms with Crippen LogP contribution in [0.5, 0.6) is 0 Å². The first kappa shape index (κ1) is 10.7. The summed E-state index contributed by atoms with van der Waals surface area (Å²) in [6.45, 7) is 6.85. The van der Waals surface area contributed by atoms with Gasteiger partial charge >= 0.3 is 0 Å². The summed E-state index contributed by atoms with van der Waals surface area (Å²) in [4.78, 5) is 0. The van der Waals surface area contributed by atoms with E-state index in [2.05, 4.69) is 51.1 Å². The average Bonchev–Trinajstić information content (AvgIpc) is 2.25. The molecule has 1 heteroatoms. The Morgan fingerprint density at radius 2 is 1.73 bits per heavy atom. The normalized spacial score (nSPS) is 35.3. The van der Waals surface area contributed by atoms with Gasteiger partial charge in [0.1, 0.15) is 0 Å². The predicted molar refractivity (Wildman–Crippen MR) is 64.7 cm³/mol. The van der Waals surface area contributed by atoms with Gasteiger partial charge in [0.05, 0.1) is 0 Å². The smallest absolute Gasteiger partial charge is 0.0107 e. The number of hydrogen-bond acceptors (Lipinski definition) is 1. The van der Waals surface area contributed by atoms with Gasteiger partial charge in [-0.15, -0.1) is 0 Å². The molecule has 0 saturated heterocycles. The summed E-state index contributed by atoms with van der Waals surface area (Å²) in [5, 5.41) is 0. The first-order valence-corrected chi connectivity index (χ1v) is 5.93.